The van der Waals surface area contributed by atoms with Crippen LogP contribution in [0.15, 0.2) is 48.5 Å². The molecule has 39 heavy (non-hydrogen) atoms. The molecule has 4 aliphatic carbocycles. The molecular weight excluding hydrogens is 492 g/mol. The van der Waals surface area contributed by atoms with Crippen LogP contribution in [0, 0.1) is 30.1 Å². The molecule has 5 aliphatic rings. The molecule has 1 unspecified atom stereocenters. The van der Waals surface area contributed by atoms with Crippen molar-refractivity contribution in [3.05, 3.63) is 65.2 Å². The van der Waals surface area contributed by atoms with Crippen LogP contribution in [0.5, 0.6) is 0 Å². The number of nitrogens with zero attached hydrogens (tertiary/aromatic N) is 2. The Labute approximate surface area is 229 Å². The van der Waals surface area contributed by atoms with Crippen LogP contribution in [0.2, 0.25) is 0 Å². The van der Waals surface area contributed by atoms with Crippen molar-refractivity contribution in [1.82, 2.24) is 4.90 Å². The molecule has 0 aromatic heterocycles. The lowest BCUT2D eigenvalue weighted by Gasteiger charge is -2.57. The zero-order valence-corrected chi connectivity index (χ0v) is 22.7. The normalized spacial score (nSPS) is 29.1. The molecule has 0 spiro atoms. The summed E-state index contributed by atoms with van der Waals surface area (Å²) in [5.74, 6) is 0.666. The van der Waals surface area contributed by atoms with E-state index in [0.717, 1.165) is 30.4 Å². The van der Waals surface area contributed by atoms with Crippen LogP contribution >= 0.6 is 0 Å². The quantitative estimate of drug-likeness (QED) is 0.371. The van der Waals surface area contributed by atoms with Crippen molar-refractivity contribution in [3.63, 3.8) is 0 Å². The van der Waals surface area contributed by atoms with Gasteiger partial charge in [0.05, 0.1) is 29.7 Å². The van der Waals surface area contributed by atoms with Crippen molar-refractivity contribution in [2.75, 3.05) is 11.5 Å². The Morgan fingerprint density at radius 1 is 0.923 bits per heavy atom. The van der Waals surface area contributed by atoms with Crippen LogP contribution in [0.3, 0.4) is 0 Å². The van der Waals surface area contributed by atoms with E-state index in [-0.39, 0.29) is 30.7 Å². The highest BCUT2D eigenvalue weighted by atomic mass is 16.5. The van der Waals surface area contributed by atoms with Crippen LogP contribution in [0.1, 0.15) is 73.4 Å². The van der Waals surface area contributed by atoms with Gasteiger partial charge in [-0.15, -0.1) is 0 Å². The Morgan fingerprint density at radius 3 is 2.08 bits per heavy atom. The monoisotopic (exact) mass is 528 g/mol. The molecule has 2 aromatic carbocycles. The maximum Gasteiger partial charge on any atom is 0.338 e. The van der Waals surface area contributed by atoms with Gasteiger partial charge in [0.15, 0.2) is 0 Å². The summed E-state index contributed by atoms with van der Waals surface area (Å²) < 4.78 is 5.04. The minimum atomic E-state index is -0.843. The first-order valence-corrected chi connectivity index (χ1v) is 14.3. The molecule has 4 bridgehead atoms. The maximum atomic E-state index is 14.5. The van der Waals surface area contributed by atoms with Crippen LogP contribution in [-0.4, -0.2) is 41.2 Å². The Hall–Kier alpha value is -3.48. The molecule has 7 heteroatoms. The summed E-state index contributed by atoms with van der Waals surface area (Å²) >= 11 is 0. The molecule has 7 rings (SSSR count). The number of amides is 3. The predicted octanol–water partition coefficient (Wildman–Crippen LogP) is 5.05. The second-order valence-electron chi connectivity index (χ2n) is 12.2. The average Bonchev–Trinajstić information content (AvgIpc) is 3.20. The van der Waals surface area contributed by atoms with Gasteiger partial charge in [0.25, 0.3) is 5.91 Å². The Bertz CT molecular complexity index is 1260. The minimum absolute atomic E-state index is 0.0393. The van der Waals surface area contributed by atoms with Crippen molar-refractivity contribution in [2.24, 2.45) is 23.2 Å². The number of rotatable bonds is 7. The van der Waals surface area contributed by atoms with Crippen molar-refractivity contribution in [1.29, 1.82) is 0 Å². The van der Waals surface area contributed by atoms with Gasteiger partial charge in [-0.25, -0.2) is 9.69 Å². The summed E-state index contributed by atoms with van der Waals surface area (Å²) in [5.41, 5.74) is 2.42. The predicted molar refractivity (Wildman–Crippen MR) is 146 cm³/mol. The summed E-state index contributed by atoms with van der Waals surface area (Å²) in [7, 11) is 0. The number of hydrogen-bond donors (Lipinski definition) is 0. The highest BCUT2D eigenvalue weighted by molar-refractivity contribution is 6.23. The van der Waals surface area contributed by atoms with Gasteiger partial charge in [-0.3, -0.25) is 14.4 Å². The molecular formula is C32H36N2O5. The third kappa shape index (κ3) is 4.66. The van der Waals surface area contributed by atoms with Gasteiger partial charge in [0.2, 0.25) is 11.8 Å². The second-order valence-corrected chi connectivity index (χ2v) is 12.2. The number of esters is 1. The van der Waals surface area contributed by atoms with E-state index in [0.29, 0.717) is 35.5 Å². The lowest BCUT2D eigenvalue weighted by molar-refractivity contribution is -0.162. The first-order chi connectivity index (χ1) is 18.8. The van der Waals surface area contributed by atoms with Crippen LogP contribution in [0.4, 0.5) is 5.69 Å². The second kappa shape index (κ2) is 9.92. The first-order valence-electron chi connectivity index (χ1n) is 14.3. The van der Waals surface area contributed by atoms with Gasteiger partial charge in [0, 0.05) is 6.54 Å². The number of carbonyl (C=O) groups excluding carboxylic acids is 4. The van der Waals surface area contributed by atoms with Gasteiger partial charge >= 0.3 is 5.97 Å². The summed E-state index contributed by atoms with van der Waals surface area (Å²) in [5, 5.41) is 0. The molecule has 1 saturated heterocycles. The smallest absolute Gasteiger partial charge is 0.338 e. The third-order valence-corrected chi connectivity index (χ3v) is 9.36. The van der Waals surface area contributed by atoms with E-state index in [9.17, 15) is 19.2 Å². The molecule has 2 aromatic rings. The summed E-state index contributed by atoms with van der Waals surface area (Å²) in [6.07, 6.45) is 6.33. The Balaban J connectivity index is 1.30. The largest absolute Gasteiger partial charge is 0.462 e. The average molecular weight is 529 g/mol. The summed E-state index contributed by atoms with van der Waals surface area (Å²) in [6, 6.07) is 13.5. The topological polar surface area (TPSA) is 84.0 Å². The number of ether oxygens (including phenoxy) is 1. The van der Waals surface area contributed by atoms with Gasteiger partial charge in [0.1, 0.15) is 6.04 Å². The SMILES string of the molecule is CCOC(=O)c1ccc(N2C(=O)CC(N(Cc3ccc(C)cc3)C(=O)C34CC5CC(CC(C5)C3)C4)C2=O)cc1. The Morgan fingerprint density at radius 2 is 1.51 bits per heavy atom. The molecule has 4 saturated carbocycles. The fourth-order valence-corrected chi connectivity index (χ4v) is 7.98. The van der Waals surface area contributed by atoms with E-state index < -0.39 is 17.4 Å². The van der Waals surface area contributed by atoms with E-state index in [1.807, 2.05) is 31.2 Å². The zero-order valence-electron chi connectivity index (χ0n) is 22.7. The Kier molecular flexibility index (Phi) is 6.56. The molecule has 1 atom stereocenters. The number of carbonyl (C=O) groups is 4. The van der Waals surface area contributed by atoms with Crippen molar-refractivity contribution < 1.29 is 23.9 Å². The van der Waals surface area contributed by atoms with Gasteiger partial charge in [-0.2, -0.15) is 0 Å². The van der Waals surface area contributed by atoms with E-state index in [2.05, 4.69) is 0 Å². The standard InChI is InChI=1S/C32H36N2O5/c1-3-39-30(37)25-8-10-26(11-9-25)34-28(35)15-27(29(34)36)33(19-21-6-4-20(2)5-7-21)31(38)32-16-22-12-23(17-32)14-24(13-22)18-32/h4-11,22-24,27H,3,12-19H2,1-2H3. The minimum Gasteiger partial charge on any atom is -0.462 e. The number of aryl methyl sites for hydroxylation is 1. The third-order valence-electron chi connectivity index (χ3n) is 9.36. The molecule has 0 N–H and O–H groups in total. The van der Waals surface area contributed by atoms with E-state index in [4.69, 9.17) is 4.74 Å². The number of hydrogen-bond acceptors (Lipinski definition) is 5. The van der Waals surface area contributed by atoms with Crippen molar-refractivity contribution in [2.45, 2.75) is 71.4 Å². The van der Waals surface area contributed by atoms with Gasteiger partial charge < -0.3 is 9.64 Å². The van der Waals surface area contributed by atoms with Crippen LogP contribution in [-0.2, 0) is 25.7 Å². The fourth-order valence-electron chi connectivity index (χ4n) is 7.98. The lowest BCUT2D eigenvalue weighted by Crippen LogP contribution is -2.57. The summed E-state index contributed by atoms with van der Waals surface area (Å²) in [4.78, 5) is 56.6. The number of imide groups is 1. The maximum absolute atomic E-state index is 14.5. The molecule has 5 fully saturated rings. The lowest BCUT2D eigenvalue weighted by atomic mass is 9.49. The summed E-state index contributed by atoms with van der Waals surface area (Å²) in [6.45, 7) is 4.33. The molecule has 3 amide bonds. The zero-order chi connectivity index (χ0) is 27.3. The fraction of sp³-hybridized carbons (Fsp3) is 0.500. The van der Waals surface area contributed by atoms with Crippen molar-refractivity contribution >= 4 is 29.4 Å². The number of anilines is 1. The van der Waals surface area contributed by atoms with E-state index in [1.54, 1.807) is 36.1 Å². The molecule has 204 valence electrons. The highest BCUT2D eigenvalue weighted by Gasteiger charge is 2.57. The van der Waals surface area contributed by atoms with E-state index >= 15 is 0 Å². The molecule has 1 aliphatic heterocycles. The first kappa shape index (κ1) is 25.8. The molecule has 0 radical (unpaired) electrons. The number of benzene rings is 2. The molecule has 7 nitrogen and oxygen atoms in total. The van der Waals surface area contributed by atoms with Crippen molar-refractivity contribution in [3.8, 4) is 0 Å². The van der Waals surface area contributed by atoms with Crippen LogP contribution < -0.4 is 4.90 Å². The van der Waals surface area contributed by atoms with Gasteiger partial charge in [-0.1, -0.05) is 29.8 Å². The van der Waals surface area contributed by atoms with E-state index in [1.165, 1.54) is 24.2 Å². The highest BCUT2D eigenvalue weighted by Crippen LogP contribution is 2.60. The van der Waals surface area contributed by atoms with Gasteiger partial charge in [-0.05, 0) is 100.0 Å². The molecule has 1 heterocycles. The van der Waals surface area contributed by atoms with Crippen LogP contribution in [0.25, 0.3) is 0 Å².